The third-order valence-corrected chi connectivity index (χ3v) is 3.47. The van der Waals surface area contributed by atoms with Crippen LogP contribution in [-0.2, 0) is 0 Å². The predicted molar refractivity (Wildman–Crippen MR) is 63.4 cm³/mol. The van der Waals surface area contributed by atoms with Crippen LogP contribution in [0.1, 0.15) is 5.76 Å². The Kier molecular flexibility index (Phi) is 2.93. The van der Waals surface area contributed by atoms with Crippen LogP contribution in [0.25, 0.3) is 0 Å². The largest absolute Gasteiger partial charge is 0.468 e. The van der Waals surface area contributed by atoms with Gasteiger partial charge in [0.15, 0.2) is 0 Å². The summed E-state index contributed by atoms with van der Waals surface area (Å²) in [6.07, 6.45) is 1.67. The molecule has 1 aromatic heterocycles. The Morgan fingerprint density at radius 1 is 1.27 bits per heavy atom. The van der Waals surface area contributed by atoms with E-state index in [0.717, 1.165) is 15.6 Å². The molecular weight excluding hydrogens is 230 g/mol. The first-order valence-corrected chi connectivity index (χ1v) is 5.63. The summed E-state index contributed by atoms with van der Waals surface area (Å²) in [7, 11) is 0. The lowest BCUT2D eigenvalue weighted by Gasteiger charge is -2.04. The number of furan rings is 1. The second-order valence-corrected chi connectivity index (χ2v) is 4.65. The van der Waals surface area contributed by atoms with Crippen LogP contribution < -0.4 is 5.73 Å². The van der Waals surface area contributed by atoms with Gasteiger partial charge in [-0.2, -0.15) is 0 Å². The summed E-state index contributed by atoms with van der Waals surface area (Å²) in [6, 6.07) is 7.41. The fourth-order valence-electron chi connectivity index (χ4n) is 1.21. The molecule has 0 atom stereocenters. The molecule has 0 aliphatic carbocycles. The van der Waals surface area contributed by atoms with Gasteiger partial charge in [0.1, 0.15) is 5.76 Å². The number of nitrogen functional groups attached to an aromatic ring is 1. The smallest absolute Gasteiger partial charge is 0.114 e. The van der Waals surface area contributed by atoms with Crippen LogP contribution in [0.15, 0.2) is 44.7 Å². The van der Waals surface area contributed by atoms with E-state index >= 15 is 0 Å². The fraction of sp³-hybridized carbons (Fsp3) is 0.0909. The molecule has 4 heteroatoms. The van der Waals surface area contributed by atoms with Crippen molar-refractivity contribution < 1.29 is 4.42 Å². The molecule has 2 aromatic rings. The summed E-state index contributed by atoms with van der Waals surface area (Å²) in [5.41, 5.74) is 6.54. The van der Waals surface area contributed by atoms with Gasteiger partial charge in [0, 0.05) is 15.6 Å². The molecule has 0 unspecified atom stereocenters. The summed E-state index contributed by atoms with van der Waals surface area (Å²) >= 11 is 7.40. The van der Waals surface area contributed by atoms with E-state index in [0.29, 0.717) is 10.7 Å². The van der Waals surface area contributed by atoms with E-state index in [1.807, 2.05) is 25.1 Å². The lowest BCUT2D eigenvalue weighted by molar-refractivity contribution is 0.527. The first kappa shape index (κ1) is 10.5. The van der Waals surface area contributed by atoms with Crippen molar-refractivity contribution in [3.63, 3.8) is 0 Å². The number of anilines is 1. The molecule has 0 radical (unpaired) electrons. The highest BCUT2D eigenvalue weighted by Gasteiger charge is 2.06. The van der Waals surface area contributed by atoms with Crippen molar-refractivity contribution in [1.29, 1.82) is 0 Å². The van der Waals surface area contributed by atoms with Crippen LogP contribution in [0.5, 0.6) is 0 Å². The zero-order valence-corrected chi connectivity index (χ0v) is 9.73. The summed E-state index contributed by atoms with van der Waals surface area (Å²) in [5, 5.41) is 0.653. The second-order valence-electron chi connectivity index (χ2n) is 3.13. The van der Waals surface area contributed by atoms with Crippen LogP contribution in [-0.4, -0.2) is 0 Å². The van der Waals surface area contributed by atoms with E-state index in [9.17, 15) is 0 Å². The van der Waals surface area contributed by atoms with E-state index in [2.05, 4.69) is 0 Å². The number of halogens is 1. The van der Waals surface area contributed by atoms with Gasteiger partial charge in [-0.25, -0.2) is 0 Å². The minimum Gasteiger partial charge on any atom is -0.468 e. The van der Waals surface area contributed by atoms with Crippen molar-refractivity contribution in [2.45, 2.75) is 16.7 Å². The lowest BCUT2D eigenvalue weighted by atomic mass is 10.3. The molecule has 0 spiro atoms. The molecule has 2 nitrogen and oxygen atoms in total. The number of hydrogen-bond donors (Lipinski definition) is 1. The number of benzene rings is 1. The molecule has 1 aromatic carbocycles. The van der Waals surface area contributed by atoms with Gasteiger partial charge in [-0.05, 0) is 31.2 Å². The number of nitrogens with two attached hydrogens (primary N) is 1. The van der Waals surface area contributed by atoms with Crippen molar-refractivity contribution in [3.05, 3.63) is 41.3 Å². The van der Waals surface area contributed by atoms with Crippen molar-refractivity contribution in [2.75, 3.05) is 5.73 Å². The zero-order chi connectivity index (χ0) is 10.8. The van der Waals surface area contributed by atoms with Crippen LogP contribution in [0, 0.1) is 6.92 Å². The molecule has 0 aliphatic heterocycles. The highest BCUT2D eigenvalue weighted by molar-refractivity contribution is 7.99. The van der Waals surface area contributed by atoms with Gasteiger partial charge in [0.2, 0.25) is 0 Å². The second kappa shape index (κ2) is 4.21. The summed E-state index contributed by atoms with van der Waals surface area (Å²) in [6.45, 7) is 1.93. The maximum atomic E-state index is 5.85. The Hall–Kier alpha value is -1.06. The Morgan fingerprint density at radius 3 is 2.67 bits per heavy atom. The lowest BCUT2D eigenvalue weighted by Crippen LogP contribution is -1.87. The summed E-state index contributed by atoms with van der Waals surface area (Å²) in [4.78, 5) is 2.06. The minimum absolute atomic E-state index is 0.653. The van der Waals surface area contributed by atoms with Gasteiger partial charge in [-0.1, -0.05) is 23.4 Å². The number of rotatable bonds is 2. The maximum absolute atomic E-state index is 5.85. The van der Waals surface area contributed by atoms with Crippen molar-refractivity contribution in [3.8, 4) is 0 Å². The average molecular weight is 240 g/mol. The van der Waals surface area contributed by atoms with E-state index in [-0.39, 0.29) is 0 Å². The summed E-state index contributed by atoms with van der Waals surface area (Å²) < 4.78 is 5.21. The number of aryl methyl sites for hydroxylation is 1. The molecule has 2 N–H and O–H groups in total. The van der Waals surface area contributed by atoms with Crippen molar-refractivity contribution >= 4 is 29.1 Å². The third kappa shape index (κ3) is 2.30. The van der Waals surface area contributed by atoms with Gasteiger partial charge in [-0.3, -0.25) is 0 Å². The van der Waals surface area contributed by atoms with Gasteiger partial charge in [0.25, 0.3) is 0 Å². The molecule has 0 amide bonds. The van der Waals surface area contributed by atoms with Crippen LogP contribution in [0.4, 0.5) is 5.69 Å². The van der Waals surface area contributed by atoms with E-state index in [1.165, 1.54) is 0 Å². The van der Waals surface area contributed by atoms with E-state index in [4.69, 9.17) is 21.8 Å². The number of hydrogen-bond acceptors (Lipinski definition) is 3. The SMILES string of the molecule is Cc1occc1Sc1ccc(Cl)cc1N. The molecule has 15 heavy (non-hydrogen) atoms. The Morgan fingerprint density at radius 2 is 2.07 bits per heavy atom. The quantitative estimate of drug-likeness (QED) is 0.806. The average Bonchev–Trinajstić information content (AvgIpc) is 2.57. The van der Waals surface area contributed by atoms with Gasteiger partial charge < -0.3 is 10.2 Å². The predicted octanol–water partition coefficient (Wildman–Crippen LogP) is 3.97. The first-order chi connectivity index (χ1) is 7.16. The van der Waals surface area contributed by atoms with E-state index < -0.39 is 0 Å². The van der Waals surface area contributed by atoms with Crippen molar-refractivity contribution in [1.82, 2.24) is 0 Å². The normalized spacial score (nSPS) is 10.5. The first-order valence-electron chi connectivity index (χ1n) is 4.44. The monoisotopic (exact) mass is 239 g/mol. The molecule has 2 rings (SSSR count). The van der Waals surface area contributed by atoms with Crippen molar-refractivity contribution in [2.24, 2.45) is 0 Å². The van der Waals surface area contributed by atoms with Crippen LogP contribution >= 0.6 is 23.4 Å². The zero-order valence-electron chi connectivity index (χ0n) is 8.16. The molecule has 0 saturated heterocycles. The van der Waals surface area contributed by atoms with Gasteiger partial charge in [-0.15, -0.1) is 0 Å². The molecule has 78 valence electrons. The molecular formula is C11H10ClNOS. The van der Waals surface area contributed by atoms with Gasteiger partial charge in [0.05, 0.1) is 11.2 Å². The van der Waals surface area contributed by atoms with Gasteiger partial charge >= 0.3 is 0 Å². The standard InChI is InChI=1S/C11H10ClNOS/c1-7-10(4-5-14-7)15-11-3-2-8(12)6-9(11)13/h2-6H,13H2,1H3. The highest BCUT2D eigenvalue weighted by Crippen LogP contribution is 2.35. The Bertz CT molecular complexity index is 481. The molecule has 1 heterocycles. The molecule has 0 saturated carbocycles. The van der Waals surface area contributed by atoms with E-state index in [1.54, 1.807) is 24.1 Å². The van der Waals surface area contributed by atoms with Crippen LogP contribution in [0.2, 0.25) is 5.02 Å². The molecule has 0 fully saturated rings. The molecule has 0 aliphatic rings. The minimum atomic E-state index is 0.653. The maximum Gasteiger partial charge on any atom is 0.114 e. The topological polar surface area (TPSA) is 39.2 Å². The Labute approximate surface area is 97.4 Å². The third-order valence-electron chi connectivity index (χ3n) is 2.00. The van der Waals surface area contributed by atoms with Crippen LogP contribution in [0.3, 0.4) is 0 Å². The fourth-order valence-corrected chi connectivity index (χ4v) is 2.26. The highest BCUT2D eigenvalue weighted by atomic mass is 35.5. The molecule has 0 bridgehead atoms. The summed E-state index contributed by atoms with van der Waals surface area (Å²) in [5.74, 6) is 0.898. The Balaban J connectivity index is 2.29.